The molecule has 1 amide bonds. The van der Waals surface area contributed by atoms with Gasteiger partial charge in [0.05, 0.1) is 12.2 Å². The summed E-state index contributed by atoms with van der Waals surface area (Å²) < 4.78 is 7.74. The Morgan fingerprint density at radius 2 is 1.90 bits per heavy atom. The zero-order valence-electron chi connectivity index (χ0n) is 17.1. The zero-order valence-corrected chi connectivity index (χ0v) is 17.1. The van der Waals surface area contributed by atoms with Crippen LogP contribution in [0, 0.1) is 5.92 Å². The van der Waals surface area contributed by atoms with Crippen LogP contribution in [0.1, 0.15) is 43.7 Å². The van der Waals surface area contributed by atoms with Crippen LogP contribution in [0.5, 0.6) is 5.75 Å². The minimum atomic E-state index is 0.207. The summed E-state index contributed by atoms with van der Waals surface area (Å²) in [5, 5.41) is 4.89. The number of rotatable bonds is 6. The molecule has 30 heavy (non-hydrogen) atoms. The Kier molecular flexibility index (Phi) is 5.34. The van der Waals surface area contributed by atoms with E-state index in [0.29, 0.717) is 19.1 Å². The van der Waals surface area contributed by atoms with Crippen molar-refractivity contribution in [2.24, 2.45) is 5.92 Å². The number of hydrogen-bond donors (Lipinski definition) is 0. The molecule has 156 valence electrons. The first kappa shape index (κ1) is 19.0. The number of fused-ring (bicyclic) bond motifs is 1. The van der Waals surface area contributed by atoms with Gasteiger partial charge in [-0.1, -0.05) is 24.6 Å². The van der Waals surface area contributed by atoms with Crippen LogP contribution in [0.3, 0.4) is 0 Å². The molecule has 1 saturated carbocycles. The second-order valence-corrected chi connectivity index (χ2v) is 8.25. The second kappa shape index (κ2) is 8.42. The Morgan fingerprint density at radius 3 is 2.70 bits per heavy atom. The second-order valence-electron chi connectivity index (χ2n) is 8.25. The quantitative estimate of drug-likeness (QED) is 0.628. The van der Waals surface area contributed by atoms with Crippen LogP contribution < -0.4 is 4.74 Å². The van der Waals surface area contributed by atoms with Gasteiger partial charge in [-0.25, -0.2) is 14.6 Å². The number of carbonyl (C=O) groups is 1. The van der Waals surface area contributed by atoms with Gasteiger partial charge >= 0.3 is 0 Å². The molecule has 0 N–H and O–H groups in total. The molecule has 2 aromatic heterocycles. The third-order valence-electron chi connectivity index (χ3n) is 6.28. The van der Waals surface area contributed by atoms with Crippen molar-refractivity contribution in [1.29, 1.82) is 0 Å². The highest BCUT2D eigenvalue weighted by Crippen LogP contribution is 2.33. The van der Waals surface area contributed by atoms with Crippen LogP contribution in [0.25, 0.3) is 11.2 Å². The lowest BCUT2D eigenvalue weighted by molar-refractivity contribution is -0.139. The first-order chi connectivity index (χ1) is 14.8. The van der Waals surface area contributed by atoms with Gasteiger partial charge in [-0.2, -0.15) is 5.10 Å². The van der Waals surface area contributed by atoms with E-state index in [1.807, 2.05) is 35.0 Å². The summed E-state index contributed by atoms with van der Waals surface area (Å²) in [5.74, 6) is 1.63. The lowest BCUT2D eigenvalue weighted by Gasteiger charge is -2.36. The maximum absolute atomic E-state index is 12.8. The molecular weight excluding hydrogens is 378 g/mol. The van der Waals surface area contributed by atoms with Crippen LogP contribution in [-0.2, 0) is 11.3 Å². The van der Waals surface area contributed by atoms with Crippen molar-refractivity contribution in [2.45, 2.75) is 44.6 Å². The number of para-hydroxylation sites is 1. The van der Waals surface area contributed by atoms with Crippen LogP contribution >= 0.6 is 0 Å². The van der Waals surface area contributed by atoms with Crippen molar-refractivity contribution in [2.75, 3.05) is 19.7 Å². The van der Waals surface area contributed by atoms with E-state index in [1.165, 1.54) is 6.42 Å². The van der Waals surface area contributed by atoms with E-state index < -0.39 is 0 Å². The molecule has 7 heteroatoms. The minimum absolute atomic E-state index is 0.207. The first-order valence-corrected chi connectivity index (χ1v) is 10.9. The number of nitrogens with zero attached hydrogens (tertiary/aromatic N) is 5. The predicted octanol–water partition coefficient (Wildman–Crippen LogP) is 3.41. The van der Waals surface area contributed by atoms with Crippen molar-refractivity contribution < 1.29 is 9.53 Å². The number of likely N-dealkylation sites (tertiary alicyclic amines) is 1. The molecular formula is C23H27N5O2. The summed E-state index contributed by atoms with van der Waals surface area (Å²) in [7, 11) is 0. The van der Waals surface area contributed by atoms with Crippen LogP contribution in [0.4, 0.5) is 0 Å². The third-order valence-corrected chi connectivity index (χ3v) is 6.28. The Bertz CT molecular complexity index is 1010. The van der Waals surface area contributed by atoms with E-state index in [0.717, 1.165) is 61.4 Å². The normalized spacial score (nSPS) is 19.6. The lowest BCUT2D eigenvalue weighted by atomic mass is 9.83. The summed E-state index contributed by atoms with van der Waals surface area (Å²) in [6.45, 7) is 2.70. The summed E-state index contributed by atoms with van der Waals surface area (Å²) in [6, 6.07) is 9.78. The number of amides is 1. The van der Waals surface area contributed by atoms with Crippen molar-refractivity contribution in [3.63, 3.8) is 0 Å². The number of piperidine rings is 1. The summed E-state index contributed by atoms with van der Waals surface area (Å²) in [4.78, 5) is 23.9. The first-order valence-electron chi connectivity index (χ1n) is 10.9. The van der Waals surface area contributed by atoms with Gasteiger partial charge in [-0.05, 0) is 37.8 Å². The van der Waals surface area contributed by atoms with Crippen molar-refractivity contribution in [3.05, 3.63) is 48.4 Å². The monoisotopic (exact) mass is 405 g/mol. The fourth-order valence-corrected chi connectivity index (χ4v) is 4.44. The van der Waals surface area contributed by atoms with Crippen molar-refractivity contribution in [3.8, 4) is 5.75 Å². The van der Waals surface area contributed by atoms with Crippen LogP contribution in [0.15, 0.2) is 42.7 Å². The largest absolute Gasteiger partial charge is 0.492 e. The number of benzene rings is 1. The molecule has 1 atom stereocenters. The van der Waals surface area contributed by atoms with Gasteiger partial charge in [0.25, 0.3) is 0 Å². The van der Waals surface area contributed by atoms with Gasteiger partial charge in [0.15, 0.2) is 5.65 Å². The fraction of sp³-hybridized carbons (Fsp3) is 0.478. The van der Waals surface area contributed by atoms with Gasteiger partial charge in [0.2, 0.25) is 5.91 Å². The molecule has 0 radical (unpaired) electrons. The molecule has 7 nitrogen and oxygen atoms in total. The lowest BCUT2D eigenvalue weighted by Crippen LogP contribution is -2.44. The van der Waals surface area contributed by atoms with E-state index in [4.69, 9.17) is 9.84 Å². The number of ether oxygens (including phenoxy) is 1. The highest BCUT2D eigenvalue weighted by Gasteiger charge is 2.34. The molecule has 0 spiro atoms. The standard InChI is InChI=1S/C23H27N5O2/c29-23(17-6-4-7-17)27-13-5-8-18(16-27)20-21-22(25-12-11-24-21)28(26-20)14-15-30-19-9-2-1-3-10-19/h1-3,9-12,17-18H,4-8,13-16H2. The Morgan fingerprint density at radius 1 is 1.07 bits per heavy atom. The molecule has 1 saturated heterocycles. The molecule has 3 heterocycles. The predicted molar refractivity (Wildman–Crippen MR) is 113 cm³/mol. The number of aromatic nitrogens is 4. The number of carbonyl (C=O) groups excluding carboxylic acids is 1. The highest BCUT2D eigenvalue weighted by atomic mass is 16.5. The Balaban J connectivity index is 1.33. The van der Waals surface area contributed by atoms with Crippen molar-refractivity contribution >= 4 is 17.1 Å². The molecule has 2 aliphatic rings. The van der Waals surface area contributed by atoms with Gasteiger partial charge in [0, 0.05) is 37.3 Å². The number of hydrogen-bond acceptors (Lipinski definition) is 5. The highest BCUT2D eigenvalue weighted by molar-refractivity contribution is 5.80. The molecule has 1 unspecified atom stereocenters. The Hall–Kier alpha value is -2.96. The van der Waals surface area contributed by atoms with Gasteiger partial charge < -0.3 is 9.64 Å². The van der Waals surface area contributed by atoms with Gasteiger partial charge in [0.1, 0.15) is 17.9 Å². The smallest absolute Gasteiger partial charge is 0.225 e. The molecule has 1 aromatic carbocycles. The summed E-state index contributed by atoms with van der Waals surface area (Å²) in [6.07, 6.45) is 8.73. The Labute approximate surface area is 176 Å². The maximum atomic E-state index is 12.8. The van der Waals surface area contributed by atoms with Crippen LogP contribution in [0.2, 0.25) is 0 Å². The fourth-order valence-electron chi connectivity index (χ4n) is 4.44. The average molecular weight is 406 g/mol. The molecule has 5 rings (SSSR count). The molecule has 2 fully saturated rings. The third kappa shape index (κ3) is 3.76. The van der Waals surface area contributed by atoms with E-state index >= 15 is 0 Å². The van der Waals surface area contributed by atoms with E-state index in [1.54, 1.807) is 12.4 Å². The topological polar surface area (TPSA) is 73.1 Å². The molecule has 3 aromatic rings. The summed E-state index contributed by atoms with van der Waals surface area (Å²) >= 11 is 0. The van der Waals surface area contributed by atoms with Crippen LogP contribution in [-0.4, -0.2) is 50.3 Å². The van der Waals surface area contributed by atoms with Gasteiger partial charge in [-0.3, -0.25) is 4.79 Å². The minimum Gasteiger partial charge on any atom is -0.492 e. The SMILES string of the molecule is O=C(C1CCC1)N1CCCC(c2nn(CCOc3ccccc3)c3nccnc23)C1. The maximum Gasteiger partial charge on any atom is 0.225 e. The van der Waals surface area contributed by atoms with Crippen molar-refractivity contribution in [1.82, 2.24) is 24.6 Å². The van der Waals surface area contributed by atoms with E-state index in [2.05, 4.69) is 14.9 Å². The summed E-state index contributed by atoms with van der Waals surface area (Å²) in [5.41, 5.74) is 2.59. The molecule has 1 aliphatic heterocycles. The van der Waals surface area contributed by atoms with E-state index in [-0.39, 0.29) is 11.8 Å². The zero-order chi connectivity index (χ0) is 20.3. The van der Waals surface area contributed by atoms with Gasteiger partial charge in [-0.15, -0.1) is 0 Å². The molecule has 1 aliphatic carbocycles. The van der Waals surface area contributed by atoms with E-state index in [9.17, 15) is 4.79 Å². The average Bonchev–Trinajstić information content (AvgIpc) is 3.12. The molecule has 0 bridgehead atoms.